The first-order valence-corrected chi connectivity index (χ1v) is 6.98. The predicted molar refractivity (Wildman–Crippen MR) is 74.4 cm³/mol. The summed E-state index contributed by atoms with van der Waals surface area (Å²) in [5.41, 5.74) is 1.58. The number of aromatic nitrogens is 2. The van der Waals surface area contributed by atoms with E-state index in [2.05, 4.69) is 17.2 Å². The quantitative estimate of drug-likeness (QED) is 0.863. The molecule has 1 saturated heterocycles. The summed E-state index contributed by atoms with van der Waals surface area (Å²) in [6.07, 6.45) is 2.59. The van der Waals surface area contributed by atoms with Crippen molar-refractivity contribution in [1.82, 2.24) is 14.9 Å². The second kappa shape index (κ2) is 6.30. The van der Waals surface area contributed by atoms with Gasteiger partial charge >= 0.3 is 5.69 Å². The molecule has 1 aliphatic heterocycles. The van der Waals surface area contributed by atoms with Gasteiger partial charge in [0.25, 0.3) is 0 Å². The number of hydrogen-bond donors (Lipinski definition) is 1. The maximum Gasteiger partial charge on any atom is 0.347 e. The van der Waals surface area contributed by atoms with Crippen molar-refractivity contribution in [2.24, 2.45) is 0 Å². The van der Waals surface area contributed by atoms with Crippen molar-refractivity contribution in [3.05, 3.63) is 27.9 Å². The number of aryl methyl sites for hydroxylation is 2. The smallest absolute Gasteiger partial charge is 0.347 e. The zero-order chi connectivity index (χ0) is 13.8. The first kappa shape index (κ1) is 14.2. The Morgan fingerprint density at radius 1 is 1.58 bits per heavy atom. The van der Waals surface area contributed by atoms with Crippen LogP contribution in [0.3, 0.4) is 0 Å². The Morgan fingerprint density at radius 3 is 3.00 bits per heavy atom. The molecule has 2 atom stereocenters. The van der Waals surface area contributed by atoms with Gasteiger partial charge in [0.2, 0.25) is 0 Å². The number of hydrogen-bond acceptors (Lipinski definition) is 4. The highest BCUT2D eigenvalue weighted by Gasteiger charge is 2.21. The lowest BCUT2D eigenvalue weighted by Gasteiger charge is -2.20. The lowest BCUT2D eigenvalue weighted by atomic mass is 10.1. The van der Waals surface area contributed by atoms with E-state index >= 15 is 0 Å². The molecule has 1 aromatic heterocycles. The van der Waals surface area contributed by atoms with E-state index in [-0.39, 0.29) is 5.69 Å². The van der Waals surface area contributed by atoms with Crippen LogP contribution in [0, 0.1) is 13.8 Å². The minimum Gasteiger partial charge on any atom is -0.377 e. The molecule has 1 fully saturated rings. The molecule has 0 radical (unpaired) electrons. The lowest BCUT2D eigenvalue weighted by molar-refractivity contribution is 0.0834. The normalized spacial score (nSPS) is 20.7. The van der Waals surface area contributed by atoms with Crippen molar-refractivity contribution in [1.29, 1.82) is 0 Å². The largest absolute Gasteiger partial charge is 0.377 e. The number of nitrogens with one attached hydrogen (secondary N) is 1. The first-order chi connectivity index (χ1) is 9.08. The summed E-state index contributed by atoms with van der Waals surface area (Å²) < 4.78 is 7.35. The van der Waals surface area contributed by atoms with E-state index in [9.17, 15) is 4.79 Å². The Kier molecular flexibility index (Phi) is 4.71. The standard InChI is InChI=1S/C14H23N3O2/c1-10-9-11(2)17(14(18)16-10)7-6-15-12(3)13-5-4-8-19-13/h9,12-13,15H,4-8H2,1-3H3. The molecular formula is C14H23N3O2. The van der Waals surface area contributed by atoms with Crippen molar-refractivity contribution in [3.8, 4) is 0 Å². The maximum atomic E-state index is 11.8. The molecule has 5 nitrogen and oxygen atoms in total. The Balaban J connectivity index is 1.87. The molecule has 0 aliphatic carbocycles. The van der Waals surface area contributed by atoms with Gasteiger partial charge in [0, 0.05) is 37.1 Å². The Morgan fingerprint density at radius 2 is 2.37 bits per heavy atom. The van der Waals surface area contributed by atoms with Gasteiger partial charge in [-0.15, -0.1) is 0 Å². The van der Waals surface area contributed by atoms with Crippen LogP contribution in [-0.4, -0.2) is 34.8 Å². The zero-order valence-electron chi connectivity index (χ0n) is 12.0. The molecule has 5 heteroatoms. The molecular weight excluding hydrogens is 242 g/mol. The van der Waals surface area contributed by atoms with E-state index in [1.807, 2.05) is 19.9 Å². The first-order valence-electron chi connectivity index (χ1n) is 6.98. The van der Waals surface area contributed by atoms with Crippen molar-refractivity contribution in [3.63, 3.8) is 0 Å². The molecule has 1 N–H and O–H groups in total. The minimum absolute atomic E-state index is 0.163. The fraction of sp³-hybridized carbons (Fsp3) is 0.714. The number of nitrogens with zero attached hydrogens (tertiary/aromatic N) is 2. The molecule has 0 spiro atoms. The summed E-state index contributed by atoms with van der Waals surface area (Å²) in [4.78, 5) is 15.8. The van der Waals surface area contributed by atoms with E-state index in [0.717, 1.165) is 37.4 Å². The van der Waals surface area contributed by atoms with Crippen LogP contribution < -0.4 is 11.0 Å². The van der Waals surface area contributed by atoms with Gasteiger partial charge in [-0.05, 0) is 39.7 Å². The van der Waals surface area contributed by atoms with Crippen molar-refractivity contribution < 1.29 is 4.74 Å². The van der Waals surface area contributed by atoms with Crippen LogP contribution in [0.2, 0.25) is 0 Å². The van der Waals surface area contributed by atoms with Gasteiger partial charge in [0.05, 0.1) is 6.10 Å². The fourth-order valence-corrected chi connectivity index (χ4v) is 2.58. The van der Waals surface area contributed by atoms with Crippen LogP contribution in [0.1, 0.15) is 31.2 Å². The average molecular weight is 265 g/mol. The third kappa shape index (κ3) is 3.64. The molecule has 2 rings (SSSR count). The zero-order valence-corrected chi connectivity index (χ0v) is 12.0. The summed E-state index contributed by atoms with van der Waals surface area (Å²) in [5, 5.41) is 3.43. The summed E-state index contributed by atoms with van der Waals surface area (Å²) in [6.45, 7) is 8.20. The van der Waals surface area contributed by atoms with E-state index in [1.165, 1.54) is 0 Å². The van der Waals surface area contributed by atoms with Crippen LogP contribution in [0.15, 0.2) is 10.9 Å². The van der Waals surface area contributed by atoms with Crippen LogP contribution in [-0.2, 0) is 11.3 Å². The fourth-order valence-electron chi connectivity index (χ4n) is 2.58. The summed E-state index contributed by atoms with van der Waals surface area (Å²) in [6, 6.07) is 2.27. The third-order valence-corrected chi connectivity index (χ3v) is 3.67. The van der Waals surface area contributed by atoms with Gasteiger partial charge in [0.1, 0.15) is 0 Å². The monoisotopic (exact) mass is 265 g/mol. The molecule has 19 heavy (non-hydrogen) atoms. The third-order valence-electron chi connectivity index (χ3n) is 3.67. The van der Waals surface area contributed by atoms with Crippen molar-refractivity contribution in [2.75, 3.05) is 13.2 Å². The Bertz CT molecular complexity index is 478. The second-order valence-electron chi connectivity index (χ2n) is 5.27. The molecule has 1 aromatic rings. The molecule has 2 unspecified atom stereocenters. The van der Waals surface area contributed by atoms with Gasteiger partial charge in [-0.3, -0.25) is 4.57 Å². The topological polar surface area (TPSA) is 56.2 Å². The lowest BCUT2D eigenvalue weighted by Crippen LogP contribution is -2.40. The Labute approximate surface area is 114 Å². The summed E-state index contributed by atoms with van der Waals surface area (Å²) in [5.74, 6) is 0. The molecule has 1 aliphatic rings. The molecule has 0 bridgehead atoms. The molecule has 0 amide bonds. The van der Waals surface area contributed by atoms with Crippen LogP contribution >= 0.6 is 0 Å². The van der Waals surface area contributed by atoms with Crippen LogP contribution in [0.25, 0.3) is 0 Å². The van der Waals surface area contributed by atoms with Gasteiger partial charge in [-0.2, -0.15) is 4.98 Å². The molecule has 0 saturated carbocycles. The van der Waals surface area contributed by atoms with E-state index in [1.54, 1.807) is 4.57 Å². The molecule has 106 valence electrons. The number of ether oxygens (including phenoxy) is 1. The summed E-state index contributed by atoms with van der Waals surface area (Å²) in [7, 11) is 0. The highest BCUT2D eigenvalue weighted by atomic mass is 16.5. The maximum absolute atomic E-state index is 11.8. The Hall–Kier alpha value is -1.20. The van der Waals surface area contributed by atoms with E-state index in [0.29, 0.717) is 18.7 Å². The van der Waals surface area contributed by atoms with Gasteiger partial charge in [-0.25, -0.2) is 4.79 Å². The van der Waals surface area contributed by atoms with E-state index in [4.69, 9.17) is 4.74 Å². The highest BCUT2D eigenvalue weighted by Crippen LogP contribution is 2.15. The SMILES string of the molecule is Cc1cc(C)n(CCNC(C)C2CCCO2)c(=O)n1. The second-order valence-corrected chi connectivity index (χ2v) is 5.27. The molecule has 2 heterocycles. The van der Waals surface area contributed by atoms with Crippen LogP contribution in [0.5, 0.6) is 0 Å². The summed E-state index contributed by atoms with van der Waals surface area (Å²) >= 11 is 0. The molecule has 0 aromatic carbocycles. The van der Waals surface area contributed by atoms with Gasteiger partial charge in [-0.1, -0.05) is 0 Å². The predicted octanol–water partition coefficient (Wildman–Crippen LogP) is 1.02. The van der Waals surface area contributed by atoms with Crippen molar-refractivity contribution >= 4 is 0 Å². The average Bonchev–Trinajstić information content (AvgIpc) is 2.85. The van der Waals surface area contributed by atoms with Crippen molar-refractivity contribution in [2.45, 2.75) is 52.3 Å². The minimum atomic E-state index is -0.163. The van der Waals surface area contributed by atoms with Gasteiger partial charge in [0.15, 0.2) is 0 Å². The van der Waals surface area contributed by atoms with Gasteiger partial charge < -0.3 is 10.1 Å². The highest BCUT2D eigenvalue weighted by molar-refractivity contribution is 5.06. The van der Waals surface area contributed by atoms with E-state index < -0.39 is 0 Å². The van der Waals surface area contributed by atoms with Crippen LogP contribution in [0.4, 0.5) is 0 Å². The number of rotatable bonds is 5.